The second kappa shape index (κ2) is 5.65. The van der Waals surface area contributed by atoms with Crippen LogP contribution in [0.3, 0.4) is 0 Å². The molecule has 0 aromatic heterocycles. The van der Waals surface area contributed by atoms with Crippen molar-refractivity contribution < 1.29 is 14.3 Å². The topological polar surface area (TPSA) is 43.4 Å². The Balaban J connectivity index is 4.13. The van der Waals surface area contributed by atoms with Crippen LogP contribution < -0.4 is 0 Å². The van der Waals surface area contributed by atoms with Gasteiger partial charge in [-0.3, -0.25) is 4.79 Å². The number of hydrogen-bond donors (Lipinski definition) is 0. The quantitative estimate of drug-likeness (QED) is 0.347. The SMILES string of the molecule is CCOC(=O)C(=CC=O)CC. The monoisotopic (exact) mass is 156 g/mol. The minimum absolute atomic E-state index is 0.342. The third-order valence-electron chi connectivity index (χ3n) is 1.19. The van der Waals surface area contributed by atoms with Crippen molar-refractivity contribution in [2.45, 2.75) is 20.3 Å². The van der Waals surface area contributed by atoms with Gasteiger partial charge in [0.25, 0.3) is 0 Å². The molecule has 0 saturated carbocycles. The molecule has 0 saturated heterocycles. The Bertz CT molecular complexity index is 170. The maximum absolute atomic E-state index is 10.9. The molecule has 11 heavy (non-hydrogen) atoms. The molecule has 0 fully saturated rings. The molecule has 0 spiro atoms. The van der Waals surface area contributed by atoms with E-state index in [1.165, 1.54) is 6.08 Å². The van der Waals surface area contributed by atoms with Crippen LogP contribution in [0, 0.1) is 0 Å². The summed E-state index contributed by atoms with van der Waals surface area (Å²) in [7, 11) is 0. The number of esters is 1. The van der Waals surface area contributed by atoms with Gasteiger partial charge < -0.3 is 4.74 Å². The summed E-state index contributed by atoms with van der Waals surface area (Å²) in [5.41, 5.74) is 0.418. The van der Waals surface area contributed by atoms with E-state index in [4.69, 9.17) is 0 Å². The Morgan fingerprint density at radius 1 is 1.45 bits per heavy atom. The average Bonchev–Trinajstić information content (AvgIpc) is 2.00. The summed E-state index contributed by atoms with van der Waals surface area (Å²) in [6, 6.07) is 0. The third kappa shape index (κ3) is 3.55. The Labute approximate surface area is 66.0 Å². The molecular formula is C8H12O3. The zero-order valence-corrected chi connectivity index (χ0v) is 6.79. The van der Waals surface area contributed by atoms with Crippen molar-refractivity contribution in [2.75, 3.05) is 6.61 Å². The van der Waals surface area contributed by atoms with Crippen LogP contribution in [0.1, 0.15) is 20.3 Å². The van der Waals surface area contributed by atoms with Crippen molar-refractivity contribution in [3.63, 3.8) is 0 Å². The fourth-order valence-electron chi connectivity index (χ4n) is 0.636. The molecule has 0 aliphatic rings. The number of aldehydes is 1. The zero-order chi connectivity index (χ0) is 8.69. The van der Waals surface area contributed by atoms with Crippen LogP contribution in [0.5, 0.6) is 0 Å². The third-order valence-corrected chi connectivity index (χ3v) is 1.19. The second-order valence-corrected chi connectivity index (χ2v) is 1.90. The van der Waals surface area contributed by atoms with Crippen LogP contribution in [-0.2, 0) is 14.3 Å². The van der Waals surface area contributed by atoms with Crippen LogP contribution in [0.2, 0.25) is 0 Å². The number of ether oxygens (including phenoxy) is 1. The lowest BCUT2D eigenvalue weighted by Gasteiger charge is -2.01. The van der Waals surface area contributed by atoms with Crippen molar-refractivity contribution in [1.82, 2.24) is 0 Å². The maximum Gasteiger partial charge on any atom is 0.334 e. The highest BCUT2D eigenvalue weighted by Crippen LogP contribution is 2.01. The Morgan fingerprint density at radius 2 is 2.09 bits per heavy atom. The molecule has 0 aliphatic heterocycles. The van der Waals surface area contributed by atoms with E-state index in [0.29, 0.717) is 24.9 Å². The van der Waals surface area contributed by atoms with E-state index in [0.717, 1.165) is 0 Å². The molecule has 0 aromatic carbocycles. The molecule has 62 valence electrons. The molecule has 0 atom stereocenters. The summed E-state index contributed by atoms with van der Waals surface area (Å²) in [5.74, 6) is -0.401. The average molecular weight is 156 g/mol. The van der Waals surface area contributed by atoms with Gasteiger partial charge in [-0.1, -0.05) is 6.92 Å². The molecule has 0 aromatic rings. The van der Waals surface area contributed by atoms with Gasteiger partial charge in [-0.05, 0) is 19.4 Å². The number of hydrogen-bond acceptors (Lipinski definition) is 3. The summed E-state index contributed by atoms with van der Waals surface area (Å²) in [6.07, 6.45) is 2.35. The van der Waals surface area contributed by atoms with Crippen LogP contribution in [0.15, 0.2) is 11.6 Å². The molecule has 0 rings (SSSR count). The molecule has 0 amide bonds. The molecule has 0 aliphatic carbocycles. The lowest BCUT2D eigenvalue weighted by molar-refractivity contribution is -0.138. The van der Waals surface area contributed by atoms with Crippen LogP contribution in [0.25, 0.3) is 0 Å². The predicted molar refractivity (Wildman–Crippen MR) is 41.1 cm³/mol. The standard InChI is InChI=1S/C8H12O3/c1-3-7(5-6-9)8(10)11-4-2/h5-6H,3-4H2,1-2H3. The number of carbonyl (C=O) groups is 2. The first-order valence-electron chi connectivity index (χ1n) is 3.57. The highest BCUT2D eigenvalue weighted by atomic mass is 16.5. The van der Waals surface area contributed by atoms with Gasteiger partial charge in [0.2, 0.25) is 0 Å². The number of carbonyl (C=O) groups excluding carboxylic acids is 2. The van der Waals surface area contributed by atoms with E-state index < -0.39 is 5.97 Å². The highest BCUT2D eigenvalue weighted by molar-refractivity contribution is 5.92. The fraction of sp³-hybridized carbons (Fsp3) is 0.500. The smallest absolute Gasteiger partial charge is 0.334 e. The highest BCUT2D eigenvalue weighted by Gasteiger charge is 2.06. The van der Waals surface area contributed by atoms with Crippen molar-refractivity contribution in [2.24, 2.45) is 0 Å². The summed E-state index contributed by atoms with van der Waals surface area (Å²) in [5, 5.41) is 0. The van der Waals surface area contributed by atoms with E-state index in [1.54, 1.807) is 13.8 Å². The van der Waals surface area contributed by atoms with Crippen LogP contribution in [0.4, 0.5) is 0 Å². The lowest BCUT2D eigenvalue weighted by atomic mass is 10.2. The van der Waals surface area contributed by atoms with Gasteiger partial charge in [0.15, 0.2) is 0 Å². The molecule has 3 nitrogen and oxygen atoms in total. The maximum atomic E-state index is 10.9. The van der Waals surface area contributed by atoms with Crippen molar-refractivity contribution in [1.29, 1.82) is 0 Å². The normalized spacial score (nSPS) is 10.9. The van der Waals surface area contributed by atoms with E-state index in [-0.39, 0.29) is 0 Å². The zero-order valence-electron chi connectivity index (χ0n) is 6.79. The first-order chi connectivity index (χ1) is 5.26. The first-order valence-corrected chi connectivity index (χ1v) is 3.57. The molecule has 0 N–H and O–H groups in total. The largest absolute Gasteiger partial charge is 0.463 e. The number of rotatable bonds is 4. The molecule has 0 heterocycles. The minimum Gasteiger partial charge on any atom is -0.463 e. The van der Waals surface area contributed by atoms with Crippen LogP contribution in [-0.4, -0.2) is 18.9 Å². The van der Waals surface area contributed by atoms with Crippen molar-refractivity contribution in [3.05, 3.63) is 11.6 Å². The summed E-state index contributed by atoms with van der Waals surface area (Å²) in [6.45, 7) is 3.87. The summed E-state index contributed by atoms with van der Waals surface area (Å²) in [4.78, 5) is 20.9. The first kappa shape index (κ1) is 9.88. The Morgan fingerprint density at radius 3 is 2.45 bits per heavy atom. The Hall–Kier alpha value is -1.12. The van der Waals surface area contributed by atoms with Crippen molar-refractivity contribution >= 4 is 12.3 Å². The molecule has 0 bridgehead atoms. The lowest BCUT2D eigenvalue weighted by Crippen LogP contribution is -2.06. The second-order valence-electron chi connectivity index (χ2n) is 1.90. The van der Waals surface area contributed by atoms with Crippen LogP contribution >= 0.6 is 0 Å². The van der Waals surface area contributed by atoms with Gasteiger partial charge in [-0.2, -0.15) is 0 Å². The van der Waals surface area contributed by atoms with Crippen molar-refractivity contribution in [3.8, 4) is 0 Å². The van der Waals surface area contributed by atoms with Gasteiger partial charge in [-0.25, -0.2) is 4.79 Å². The summed E-state index contributed by atoms with van der Waals surface area (Å²) >= 11 is 0. The van der Waals surface area contributed by atoms with Gasteiger partial charge in [0.05, 0.1) is 6.61 Å². The minimum atomic E-state index is -0.401. The fourth-order valence-corrected chi connectivity index (χ4v) is 0.636. The summed E-state index contributed by atoms with van der Waals surface area (Å²) < 4.78 is 4.68. The van der Waals surface area contributed by atoms with Gasteiger partial charge in [0, 0.05) is 5.57 Å². The van der Waals surface area contributed by atoms with Gasteiger partial charge >= 0.3 is 5.97 Å². The predicted octanol–water partition coefficient (Wildman–Crippen LogP) is 1.08. The van der Waals surface area contributed by atoms with Gasteiger partial charge in [-0.15, -0.1) is 0 Å². The molecule has 3 heteroatoms. The molecular weight excluding hydrogens is 144 g/mol. The van der Waals surface area contributed by atoms with Gasteiger partial charge in [0.1, 0.15) is 6.29 Å². The van der Waals surface area contributed by atoms with E-state index in [1.807, 2.05) is 0 Å². The van der Waals surface area contributed by atoms with E-state index in [9.17, 15) is 9.59 Å². The molecule has 0 unspecified atom stereocenters. The van der Waals surface area contributed by atoms with E-state index >= 15 is 0 Å². The number of allylic oxidation sites excluding steroid dienone is 1. The Kier molecular flexibility index (Phi) is 5.07. The van der Waals surface area contributed by atoms with E-state index in [2.05, 4.69) is 4.74 Å². The molecule has 0 radical (unpaired) electrons.